The average Bonchev–Trinajstić information content (AvgIpc) is 2.54. The predicted molar refractivity (Wildman–Crippen MR) is 67.5 cm³/mol. The molecular weight excluding hydrogens is 257 g/mol. The molecule has 19 heavy (non-hydrogen) atoms. The maximum atomic E-state index is 12.5. The van der Waals surface area contributed by atoms with Crippen LogP contribution in [0, 0.1) is 0 Å². The lowest BCUT2D eigenvalue weighted by molar-refractivity contribution is -0.153. The van der Waals surface area contributed by atoms with E-state index in [0.29, 0.717) is 12.8 Å². The fourth-order valence-corrected chi connectivity index (χ4v) is 2.67. The molecule has 3 unspecified atom stereocenters. The molecule has 1 heterocycles. The minimum atomic E-state index is -4.24. The molecule has 0 aromatic heterocycles. The fourth-order valence-electron chi connectivity index (χ4n) is 2.67. The number of amides is 1. The highest BCUT2D eigenvalue weighted by Gasteiger charge is 2.43. The summed E-state index contributed by atoms with van der Waals surface area (Å²) in [5, 5.41) is 3.17. The van der Waals surface area contributed by atoms with Crippen molar-refractivity contribution in [3.8, 4) is 0 Å². The largest absolute Gasteiger partial charge is 0.391 e. The maximum Gasteiger partial charge on any atom is 0.391 e. The van der Waals surface area contributed by atoms with E-state index in [0.717, 1.165) is 12.8 Å². The van der Waals surface area contributed by atoms with Crippen LogP contribution in [0.2, 0.25) is 0 Å². The summed E-state index contributed by atoms with van der Waals surface area (Å²) in [6.07, 6.45) is -2.41. The molecule has 1 aliphatic heterocycles. The van der Waals surface area contributed by atoms with Gasteiger partial charge in [-0.3, -0.25) is 10.1 Å². The number of halogens is 3. The van der Waals surface area contributed by atoms with Gasteiger partial charge in [0.1, 0.15) is 0 Å². The van der Waals surface area contributed by atoms with Crippen LogP contribution in [0.15, 0.2) is 0 Å². The second-order valence-corrected chi connectivity index (χ2v) is 5.23. The van der Waals surface area contributed by atoms with E-state index >= 15 is 0 Å². The summed E-state index contributed by atoms with van der Waals surface area (Å²) >= 11 is 0. The van der Waals surface area contributed by atoms with Gasteiger partial charge in [-0.1, -0.05) is 26.7 Å². The number of hydrogen-bond donors (Lipinski definition) is 1. The van der Waals surface area contributed by atoms with E-state index in [2.05, 4.69) is 5.32 Å². The van der Waals surface area contributed by atoms with Crippen molar-refractivity contribution < 1.29 is 18.0 Å². The first-order chi connectivity index (χ1) is 8.80. The zero-order chi connectivity index (χ0) is 14.6. The Balaban J connectivity index is 2.78. The Morgan fingerprint density at radius 1 is 1.26 bits per heavy atom. The fraction of sp³-hybridized carbons (Fsp3) is 0.923. The molecule has 1 fully saturated rings. The number of carbonyl (C=O) groups is 1. The van der Waals surface area contributed by atoms with Gasteiger partial charge in [0.05, 0.1) is 18.6 Å². The van der Waals surface area contributed by atoms with Crippen LogP contribution in [-0.2, 0) is 4.79 Å². The first kappa shape index (κ1) is 16.3. The van der Waals surface area contributed by atoms with E-state index < -0.39 is 18.6 Å². The highest BCUT2D eigenvalue weighted by atomic mass is 19.4. The van der Waals surface area contributed by atoms with E-state index in [1.807, 2.05) is 13.8 Å². The average molecular weight is 280 g/mol. The molecule has 0 aliphatic carbocycles. The molecule has 1 rings (SSSR count). The van der Waals surface area contributed by atoms with E-state index in [1.54, 1.807) is 0 Å². The predicted octanol–water partition coefficient (Wildman–Crippen LogP) is 3.05. The number of hydrogen-bond acceptors (Lipinski definition) is 2. The van der Waals surface area contributed by atoms with Crippen LogP contribution in [-0.4, -0.2) is 35.2 Å². The van der Waals surface area contributed by atoms with Gasteiger partial charge >= 0.3 is 6.18 Å². The smallest absolute Gasteiger partial charge is 0.323 e. The quantitative estimate of drug-likeness (QED) is 0.811. The summed E-state index contributed by atoms with van der Waals surface area (Å²) in [7, 11) is 0. The minimum absolute atomic E-state index is 0.183. The summed E-state index contributed by atoms with van der Waals surface area (Å²) in [5.41, 5.74) is 0. The van der Waals surface area contributed by atoms with Crippen LogP contribution in [0.4, 0.5) is 13.2 Å². The van der Waals surface area contributed by atoms with Gasteiger partial charge in [0, 0.05) is 6.04 Å². The van der Waals surface area contributed by atoms with Crippen LogP contribution in [0.3, 0.4) is 0 Å². The Morgan fingerprint density at radius 2 is 1.84 bits per heavy atom. The summed E-state index contributed by atoms with van der Waals surface area (Å²) in [5.74, 6) is -0.183. The van der Waals surface area contributed by atoms with Gasteiger partial charge in [-0.2, -0.15) is 13.2 Å². The number of alkyl halides is 3. The maximum absolute atomic E-state index is 12.5. The lowest BCUT2D eigenvalue weighted by Crippen LogP contribution is -2.45. The Labute approximate surface area is 112 Å². The Bertz CT molecular complexity index is 307. The van der Waals surface area contributed by atoms with Crippen LogP contribution < -0.4 is 5.32 Å². The Hall–Kier alpha value is -0.780. The van der Waals surface area contributed by atoms with Gasteiger partial charge < -0.3 is 4.90 Å². The third-order valence-electron chi connectivity index (χ3n) is 3.42. The molecule has 0 bridgehead atoms. The zero-order valence-electron chi connectivity index (χ0n) is 11.8. The SMILES string of the molecule is CCCC1NC(CCC)N(C(C)CC(F)(F)F)C1=O. The Morgan fingerprint density at radius 3 is 2.32 bits per heavy atom. The minimum Gasteiger partial charge on any atom is -0.323 e. The normalized spacial score (nSPS) is 26.0. The highest BCUT2D eigenvalue weighted by molar-refractivity contribution is 5.84. The molecular formula is C13H23F3N2O. The molecule has 0 aromatic carbocycles. The second kappa shape index (κ2) is 6.59. The molecule has 0 radical (unpaired) electrons. The number of carbonyl (C=O) groups excluding carboxylic acids is 1. The van der Waals surface area contributed by atoms with Crippen molar-refractivity contribution >= 4 is 5.91 Å². The van der Waals surface area contributed by atoms with Gasteiger partial charge in [0.2, 0.25) is 5.91 Å². The molecule has 1 N–H and O–H groups in total. The van der Waals surface area contributed by atoms with Crippen LogP contribution in [0.5, 0.6) is 0 Å². The van der Waals surface area contributed by atoms with Crippen molar-refractivity contribution in [2.75, 3.05) is 0 Å². The van der Waals surface area contributed by atoms with E-state index in [1.165, 1.54) is 11.8 Å². The van der Waals surface area contributed by atoms with Gasteiger partial charge in [0.25, 0.3) is 0 Å². The van der Waals surface area contributed by atoms with Gasteiger partial charge in [-0.15, -0.1) is 0 Å². The number of nitrogens with one attached hydrogen (secondary N) is 1. The second-order valence-electron chi connectivity index (χ2n) is 5.23. The molecule has 1 saturated heterocycles. The Kier molecular flexibility index (Phi) is 5.64. The van der Waals surface area contributed by atoms with Crippen molar-refractivity contribution in [1.29, 1.82) is 0 Å². The molecule has 6 heteroatoms. The van der Waals surface area contributed by atoms with Gasteiger partial charge in [0.15, 0.2) is 0 Å². The van der Waals surface area contributed by atoms with Gasteiger partial charge in [-0.25, -0.2) is 0 Å². The molecule has 3 nitrogen and oxygen atoms in total. The van der Waals surface area contributed by atoms with Crippen LogP contribution in [0.25, 0.3) is 0 Å². The molecule has 1 aliphatic rings. The lowest BCUT2D eigenvalue weighted by Gasteiger charge is -2.30. The first-order valence-electron chi connectivity index (χ1n) is 6.95. The van der Waals surface area contributed by atoms with Crippen LogP contribution in [0.1, 0.15) is 52.9 Å². The summed E-state index contributed by atoms with van der Waals surface area (Å²) in [6, 6.07) is -1.13. The molecule has 112 valence electrons. The van der Waals surface area contributed by atoms with E-state index in [9.17, 15) is 18.0 Å². The monoisotopic (exact) mass is 280 g/mol. The standard InChI is InChI=1S/C13H23F3N2O/c1-4-6-10-12(19)18(11(17-10)7-5-2)9(3)8-13(14,15)16/h9-11,17H,4-8H2,1-3H3. The third kappa shape index (κ3) is 4.37. The third-order valence-corrected chi connectivity index (χ3v) is 3.42. The van der Waals surface area contributed by atoms with Crippen molar-refractivity contribution in [2.45, 2.75) is 77.3 Å². The topological polar surface area (TPSA) is 32.3 Å². The summed E-state index contributed by atoms with van der Waals surface area (Å²) < 4.78 is 37.5. The number of rotatable bonds is 6. The highest BCUT2D eigenvalue weighted by Crippen LogP contribution is 2.28. The summed E-state index contributed by atoms with van der Waals surface area (Å²) in [4.78, 5) is 13.6. The van der Waals surface area contributed by atoms with Crippen molar-refractivity contribution in [3.05, 3.63) is 0 Å². The molecule has 0 spiro atoms. The van der Waals surface area contributed by atoms with E-state index in [-0.39, 0.29) is 18.1 Å². The molecule has 0 aromatic rings. The molecule has 1 amide bonds. The molecule has 3 atom stereocenters. The van der Waals surface area contributed by atoms with Crippen molar-refractivity contribution in [1.82, 2.24) is 10.2 Å². The van der Waals surface area contributed by atoms with Crippen LogP contribution >= 0.6 is 0 Å². The molecule has 0 saturated carbocycles. The van der Waals surface area contributed by atoms with Gasteiger partial charge in [-0.05, 0) is 19.8 Å². The zero-order valence-corrected chi connectivity index (χ0v) is 11.8. The first-order valence-corrected chi connectivity index (χ1v) is 6.95. The van der Waals surface area contributed by atoms with Crippen molar-refractivity contribution in [3.63, 3.8) is 0 Å². The summed E-state index contributed by atoms with van der Waals surface area (Å²) in [6.45, 7) is 5.40. The lowest BCUT2D eigenvalue weighted by atomic mass is 10.1. The number of nitrogens with zero attached hydrogens (tertiary/aromatic N) is 1. The van der Waals surface area contributed by atoms with E-state index in [4.69, 9.17) is 0 Å². The van der Waals surface area contributed by atoms with Crippen molar-refractivity contribution in [2.24, 2.45) is 0 Å².